The monoisotopic (exact) mass is 308 g/mol. The summed E-state index contributed by atoms with van der Waals surface area (Å²) in [7, 11) is 1.65. The van der Waals surface area contributed by atoms with Gasteiger partial charge in [0.25, 0.3) is 0 Å². The molecule has 1 N–H and O–H groups in total. The van der Waals surface area contributed by atoms with Gasteiger partial charge in [0, 0.05) is 0 Å². The van der Waals surface area contributed by atoms with Gasteiger partial charge in [-0.3, -0.25) is 0 Å². The van der Waals surface area contributed by atoms with Gasteiger partial charge >= 0.3 is 0 Å². The van der Waals surface area contributed by atoms with Gasteiger partial charge in [0.15, 0.2) is 11.5 Å². The van der Waals surface area contributed by atoms with Gasteiger partial charge in [-0.1, -0.05) is 30.4 Å². The first-order chi connectivity index (χ1) is 11.2. The molecule has 0 aliphatic carbocycles. The van der Waals surface area contributed by atoms with Crippen molar-refractivity contribution in [2.75, 3.05) is 7.11 Å². The van der Waals surface area contributed by atoms with Crippen LogP contribution >= 0.6 is 0 Å². The molecule has 0 aliphatic rings. The second-order valence-electron chi connectivity index (χ2n) is 5.35. The van der Waals surface area contributed by atoms with Crippen molar-refractivity contribution >= 4 is 17.1 Å². The minimum Gasteiger partial charge on any atom is -0.493 e. The third-order valence-electron chi connectivity index (χ3n) is 3.67. The van der Waals surface area contributed by atoms with E-state index in [-0.39, 0.29) is 0 Å². The van der Waals surface area contributed by atoms with E-state index in [2.05, 4.69) is 23.0 Å². The largest absolute Gasteiger partial charge is 0.493 e. The van der Waals surface area contributed by atoms with E-state index in [0.29, 0.717) is 18.1 Å². The van der Waals surface area contributed by atoms with Crippen LogP contribution in [0.25, 0.3) is 17.1 Å². The molecule has 0 aliphatic heterocycles. The summed E-state index contributed by atoms with van der Waals surface area (Å²) >= 11 is 0. The average molecular weight is 308 g/mol. The van der Waals surface area contributed by atoms with Gasteiger partial charge in [0.1, 0.15) is 12.4 Å². The highest BCUT2D eigenvalue weighted by Gasteiger charge is 2.08. The highest BCUT2D eigenvalue weighted by molar-refractivity contribution is 5.78. The summed E-state index contributed by atoms with van der Waals surface area (Å²) in [5.41, 5.74) is 4.25. The predicted molar refractivity (Wildman–Crippen MR) is 92.9 cm³/mol. The van der Waals surface area contributed by atoms with Gasteiger partial charge < -0.3 is 14.5 Å². The van der Waals surface area contributed by atoms with Crippen LogP contribution in [-0.4, -0.2) is 17.1 Å². The van der Waals surface area contributed by atoms with Crippen LogP contribution in [0, 0.1) is 6.92 Å². The van der Waals surface area contributed by atoms with Crippen LogP contribution in [0.15, 0.2) is 42.5 Å². The van der Waals surface area contributed by atoms with Gasteiger partial charge in [-0.15, -0.1) is 0 Å². The Labute approximate surface area is 135 Å². The summed E-state index contributed by atoms with van der Waals surface area (Å²) in [6.07, 6.45) is 4.01. The average Bonchev–Trinajstić information content (AvgIpc) is 2.98. The number of fused-ring (bicyclic) bond motifs is 1. The Morgan fingerprint density at radius 1 is 1.17 bits per heavy atom. The Balaban J connectivity index is 1.80. The minimum absolute atomic E-state index is 0.368. The SMILES string of the molecule is C/C=C/c1ccc(OCc2nc3c(C)cccc3[nH]2)c(OC)c1. The number of methoxy groups -OCH3 is 1. The summed E-state index contributed by atoms with van der Waals surface area (Å²) in [5, 5.41) is 0. The lowest BCUT2D eigenvalue weighted by Crippen LogP contribution is -1.99. The van der Waals surface area contributed by atoms with E-state index >= 15 is 0 Å². The fraction of sp³-hybridized carbons (Fsp3) is 0.211. The van der Waals surface area contributed by atoms with Crippen molar-refractivity contribution in [3.8, 4) is 11.5 Å². The highest BCUT2D eigenvalue weighted by Crippen LogP contribution is 2.29. The van der Waals surface area contributed by atoms with Crippen molar-refractivity contribution in [3.05, 3.63) is 59.4 Å². The van der Waals surface area contributed by atoms with E-state index in [1.807, 2.05) is 49.4 Å². The van der Waals surface area contributed by atoms with E-state index in [9.17, 15) is 0 Å². The van der Waals surface area contributed by atoms with Gasteiger partial charge in [0.05, 0.1) is 18.1 Å². The predicted octanol–water partition coefficient (Wildman–Crippen LogP) is 4.49. The summed E-state index contributed by atoms with van der Waals surface area (Å²) in [6, 6.07) is 12.0. The van der Waals surface area contributed by atoms with Crippen LogP contribution in [0.4, 0.5) is 0 Å². The molecule has 0 saturated heterocycles. The van der Waals surface area contributed by atoms with Gasteiger partial charge in [0.2, 0.25) is 0 Å². The highest BCUT2D eigenvalue weighted by atomic mass is 16.5. The molecule has 23 heavy (non-hydrogen) atoms. The molecular weight excluding hydrogens is 288 g/mol. The van der Waals surface area contributed by atoms with Gasteiger partial charge in [-0.2, -0.15) is 0 Å². The van der Waals surface area contributed by atoms with Crippen LogP contribution in [0.2, 0.25) is 0 Å². The van der Waals surface area contributed by atoms with Crippen LogP contribution in [-0.2, 0) is 6.61 Å². The Morgan fingerprint density at radius 2 is 2.04 bits per heavy atom. The molecular formula is C19H20N2O2. The number of allylic oxidation sites excluding steroid dienone is 1. The zero-order chi connectivity index (χ0) is 16.2. The summed E-state index contributed by atoms with van der Waals surface area (Å²) in [6.45, 7) is 4.41. The Morgan fingerprint density at radius 3 is 2.78 bits per heavy atom. The third kappa shape index (κ3) is 3.21. The normalized spacial score (nSPS) is 11.3. The van der Waals surface area contributed by atoms with E-state index < -0.39 is 0 Å². The van der Waals surface area contributed by atoms with Crippen molar-refractivity contribution in [2.45, 2.75) is 20.5 Å². The van der Waals surface area contributed by atoms with Crippen molar-refractivity contribution in [1.82, 2.24) is 9.97 Å². The zero-order valence-corrected chi connectivity index (χ0v) is 13.6. The number of para-hydroxylation sites is 1. The number of nitrogens with one attached hydrogen (secondary N) is 1. The topological polar surface area (TPSA) is 47.1 Å². The number of aromatic amines is 1. The quantitative estimate of drug-likeness (QED) is 0.755. The van der Waals surface area contributed by atoms with Crippen LogP contribution in [0.3, 0.4) is 0 Å². The lowest BCUT2D eigenvalue weighted by Gasteiger charge is -2.10. The fourth-order valence-corrected chi connectivity index (χ4v) is 2.54. The third-order valence-corrected chi connectivity index (χ3v) is 3.67. The van der Waals surface area contributed by atoms with Gasteiger partial charge in [-0.05, 0) is 43.2 Å². The van der Waals surface area contributed by atoms with Gasteiger partial charge in [-0.25, -0.2) is 4.98 Å². The molecule has 1 heterocycles. The molecule has 0 spiro atoms. The zero-order valence-electron chi connectivity index (χ0n) is 13.6. The molecule has 0 fully saturated rings. The number of nitrogens with zero attached hydrogens (tertiary/aromatic N) is 1. The molecule has 4 nitrogen and oxygen atoms in total. The summed E-state index contributed by atoms with van der Waals surface area (Å²) < 4.78 is 11.3. The molecule has 3 aromatic rings. The number of H-pyrrole nitrogens is 1. The van der Waals surface area contributed by atoms with E-state index in [1.54, 1.807) is 7.11 Å². The number of imidazole rings is 1. The molecule has 0 saturated carbocycles. The molecule has 0 unspecified atom stereocenters. The molecule has 0 amide bonds. The van der Waals surface area contributed by atoms with Crippen LogP contribution in [0.1, 0.15) is 23.9 Å². The first kappa shape index (κ1) is 15.2. The molecule has 0 bridgehead atoms. The molecule has 0 atom stereocenters. The molecule has 118 valence electrons. The number of ether oxygens (including phenoxy) is 2. The molecule has 0 radical (unpaired) electrons. The van der Waals surface area contributed by atoms with Crippen LogP contribution < -0.4 is 9.47 Å². The maximum Gasteiger partial charge on any atom is 0.161 e. The second-order valence-corrected chi connectivity index (χ2v) is 5.35. The fourth-order valence-electron chi connectivity index (χ4n) is 2.54. The number of aryl methyl sites for hydroxylation is 1. The lowest BCUT2D eigenvalue weighted by atomic mass is 10.2. The minimum atomic E-state index is 0.368. The first-order valence-electron chi connectivity index (χ1n) is 7.59. The van der Waals surface area contributed by atoms with E-state index in [1.165, 1.54) is 0 Å². The number of hydrogen-bond donors (Lipinski definition) is 1. The summed E-state index contributed by atoms with van der Waals surface area (Å²) in [5.74, 6) is 2.22. The van der Waals surface area contributed by atoms with Crippen molar-refractivity contribution < 1.29 is 9.47 Å². The number of hydrogen-bond acceptors (Lipinski definition) is 3. The number of benzene rings is 2. The Kier molecular flexibility index (Phi) is 4.33. The molecule has 3 rings (SSSR count). The van der Waals surface area contributed by atoms with E-state index in [0.717, 1.165) is 28.0 Å². The maximum atomic E-state index is 5.87. The number of rotatable bonds is 5. The number of aromatic nitrogens is 2. The lowest BCUT2D eigenvalue weighted by molar-refractivity contribution is 0.277. The Bertz CT molecular complexity index is 850. The molecule has 1 aromatic heterocycles. The van der Waals surface area contributed by atoms with Crippen molar-refractivity contribution in [2.24, 2.45) is 0 Å². The Hall–Kier alpha value is -2.75. The van der Waals surface area contributed by atoms with Crippen molar-refractivity contribution in [1.29, 1.82) is 0 Å². The smallest absolute Gasteiger partial charge is 0.161 e. The summed E-state index contributed by atoms with van der Waals surface area (Å²) in [4.78, 5) is 7.88. The van der Waals surface area contributed by atoms with Crippen molar-refractivity contribution in [3.63, 3.8) is 0 Å². The van der Waals surface area contributed by atoms with E-state index in [4.69, 9.17) is 9.47 Å². The first-order valence-corrected chi connectivity index (χ1v) is 7.59. The molecule has 4 heteroatoms. The maximum absolute atomic E-state index is 5.87. The molecule has 2 aromatic carbocycles. The standard InChI is InChI=1S/C19H20N2O2/c1-4-6-14-9-10-16(17(11-14)22-3)23-12-18-20-15-8-5-7-13(2)19(15)21-18/h4-11H,12H2,1-3H3,(H,20,21)/b6-4+. The second kappa shape index (κ2) is 6.57. The van der Waals surface area contributed by atoms with Crippen LogP contribution in [0.5, 0.6) is 11.5 Å².